The van der Waals surface area contributed by atoms with Gasteiger partial charge in [-0.05, 0) is 31.5 Å². The van der Waals surface area contributed by atoms with Gasteiger partial charge in [-0.1, -0.05) is 28.1 Å². The van der Waals surface area contributed by atoms with Crippen LogP contribution in [0.25, 0.3) is 0 Å². The van der Waals surface area contributed by atoms with E-state index in [0.29, 0.717) is 5.69 Å². The van der Waals surface area contributed by atoms with E-state index < -0.39 is 12.1 Å². The van der Waals surface area contributed by atoms with Gasteiger partial charge in [-0.15, -0.1) is 0 Å². The lowest BCUT2D eigenvalue weighted by Gasteiger charge is -2.18. The Balaban J connectivity index is 2.15. The molecule has 8 heteroatoms. The van der Waals surface area contributed by atoms with E-state index in [1.165, 1.54) is 0 Å². The molecule has 24 heavy (non-hydrogen) atoms. The topological polar surface area (TPSA) is 102 Å². The number of aromatic nitrogens is 2. The SMILES string of the molecule is Cc1nn(C)c(C)c1NC(=O)C[C@@H](NC(N)=O)c1ccc(Br)cc1. The number of aryl methyl sites for hydroxylation is 2. The molecular formula is C16H20BrN5O2. The number of nitrogens with one attached hydrogen (secondary N) is 2. The van der Waals surface area contributed by atoms with E-state index in [4.69, 9.17) is 5.73 Å². The number of nitrogens with two attached hydrogens (primary N) is 1. The lowest BCUT2D eigenvalue weighted by molar-refractivity contribution is -0.116. The predicted octanol–water partition coefficient (Wildman–Crippen LogP) is 2.54. The first-order valence-corrected chi connectivity index (χ1v) is 8.18. The molecule has 128 valence electrons. The van der Waals surface area contributed by atoms with Gasteiger partial charge in [-0.2, -0.15) is 5.10 Å². The summed E-state index contributed by atoms with van der Waals surface area (Å²) >= 11 is 3.36. The molecule has 1 heterocycles. The van der Waals surface area contributed by atoms with E-state index in [1.807, 2.05) is 45.2 Å². The zero-order valence-electron chi connectivity index (χ0n) is 13.8. The van der Waals surface area contributed by atoms with Crippen LogP contribution in [0, 0.1) is 13.8 Å². The Morgan fingerprint density at radius 1 is 1.29 bits per heavy atom. The van der Waals surface area contributed by atoms with Gasteiger partial charge >= 0.3 is 6.03 Å². The first-order valence-electron chi connectivity index (χ1n) is 7.39. The number of anilines is 1. The lowest BCUT2D eigenvalue weighted by atomic mass is 10.0. The number of benzene rings is 1. The third kappa shape index (κ3) is 4.35. The van der Waals surface area contributed by atoms with E-state index in [0.717, 1.165) is 21.4 Å². The molecule has 4 N–H and O–H groups in total. The van der Waals surface area contributed by atoms with Crippen LogP contribution in [-0.4, -0.2) is 21.7 Å². The van der Waals surface area contributed by atoms with E-state index in [-0.39, 0.29) is 12.3 Å². The van der Waals surface area contributed by atoms with Crippen LogP contribution in [0.4, 0.5) is 10.5 Å². The van der Waals surface area contributed by atoms with Crippen molar-refractivity contribution in [2.75, 3.05) is 5.32 Å². The fourth-order valence-corrected chi connectivity index (χ4v) is 2.71. The summed E-state index contributed by atoms with van der Waals surface area (Å²) in [5.41, 5.74) is 8.33. The fraction of sp³-hybridized carbons (Fsp3) is 0.312. The average molecular weight is 394 g/mol. The largest absolute Gasteiger partial charge is 0.352 e. The van der Waals surface area contributed by atoms with Gasteiger partial charge in [0.2, 0.25) is 5.91 Å². The predicted molar refractivity (Wildman–Crippen MR) is 95.5 cm³/mol. The molecule has 0 aliphatic heterocycles. The summed E-state index contributed by atoms with van der Waals surface area (Å²) in [6.45, 7) is 3.71. The minimum Gasteiger partial charge on any atom is -0.352 e. The molecule has 0 unspecified atom stereocenters. The van der Waals surface area contributed by atoms with Gasteiger partial charge in [-0.3, -0.25) is 9.48 Å². The highest BCUT2D eigenvalue weighted by Gasteiger charge is 2.19. The Morgan fingerprint density at radius 3 is 2.42 bits per heavy atom. The number of carbonyl (C=O) groups excluding carboxylic acids is 2. The second-order valence-electron chi connectivity index (χ2n) is 5.53. The summed E-state index contributed by atoms with van der Waals surface area (Å²) < 4.78 is 2.62. The van der Waals surface area contributed by atoms with Gasteiger partial charge in [0.05, 0.1) is 29.5 Å². The zero-order valence-corrected chi connectivity index (χ0v) is 15.3. The summed E-state index contributed by atoms with van der Waals surface area (Å²) in [6.07, 6.45) is 0.0678. The Labute approximate surface area is 148 Å². The summed E-state index contributed by atoms with van der Waals surface area (Å²) in [4.78, 5) is 23.7. The lowest BCUT2D eigenvalue weighted by Crippen LogP contribution is -2.35. The summed E-state index contributed by atoms with van der Waals surface area (Å²) in [7, 11) is 1.82. The van der Waals surface area contributed by atoms with Crippen LogP contribution in [0.15, 0.2) is 28.7 Å². The van der Waals surface area contributed by atoms with Crippen LogP contribution in [-0.2, 0) is 11.8 Å². The highest BCUT2D eigenvalue weighted by Crippen LogP contribution is 2.22. The Morgan fingerprint density at radius 2 is 1.92 bits per heavy atom. The van der Waals surface area contributed by atoms with Gasteiger partial charge < -0.3 is 16.4 Å². The number of amides is 3. The smallest absolute Gasteiger partial charge is 0.312 e. The van der Waals surface area contributed by atoms with Crippen molar-refractivity contribution >= 4 is 33.6 Å². The third-order valence-corrected chi connectivity index (χ3v) is 4.28. The van der Waals surface area contributed by atoms with Crippen LogP contribution < -0.4 is 16.4 Å². The number of carbonyl (C=O) groups is 2. The van der Waals surface area contributed by atoms with E-state index in [2.05, 4.69) is 31.7 Å². The van der Waals surface area contributed by atoms with Crippen molar-refractivity contribution in [2.24, 2.45) is 12.8 Å². The standard InChI is InChI=1S/C16H20BrN5O2/c1-9-15(10(2)22(3)21-9)20-14(23)8-13(19-16(18)24)11-4-6-12(17)7-5-11/h4-7,13H,8H2,1-3H3,(H,20,23)(H3,18,19,24)/t13-/m1/s1. The molecule has 0 saturated heterocycles. The van der Waals surface area contributed by atoms with Crippen molar-refractivity contribution in [3.8, 4) is 0 Å². The number of urea groups is 1. The average Bonchev–Trinajstić information content (AvgIpc) is 2.73. The van der Waals surface area contributed by atoms with Gasteiger partial charge in [0.25, 0.3) is 0 Å². The molecule has 0 radical (unpaired) electrons. The van der Waals surface area contributed by atoms with Crippen molar-refractivity contribution in [1.82, 2.24) is 15.1 Å². The first kappa shape index (κ1) is 18.0. The van der Waals surface area contributed by atoms with Crippen molar-refractivity contribution in [3.63, 3.8) is 0 Å². The van der Waals surface area contributed by atoms with Gasteiger partial charge in [-0.25, -0.2) is 4.79 Å². The molecule has 1 aromatic heterocycles. The Bertz CT molecular complexity index is 755. The molecule has 0 fully saturated rings. The second kappa shape index (κ2) is 7.48. The molecule has 2 aromatic rings. The quantitative estimate of drug-likeness (QED) is 0.726. The minimum atomic E-state index is -0.676. The number of hydrogen-bond acceptors (Lipinski definition) is 3. The maximum Gasteiger partial charge on any atom is 0.312 e. The molecule has 0 spiro atoms. The molecule has 7 nitrogen and oxygen atoms in total. The Hall–Kier alpha value is -2.35. The molecule has 2 rings (SSSR count). The molecule has 0 aliphatic carbocycles. The fourth-order valence-electron chi connectivity index (χ4n) is 2.45. The number of halogens is 1. The molecule has 0 bridgehead atoms. The van der Waals surface area contributed by atoms with Crippen molar-refractivity contribution in [1.29, 1.82) is 0 Å². The number of primary amides is 1. The normalized spacial score (nSPS) is 11.8. The minimum absolute atomic E-state index is 0.0678. The highest BCUT2D eigenvalue weighted by atomic mass is 79.9. The molecular weight excluding hydrogens is 374 g/mol. The highest BCUT2D eigenvalue weighted by molar-refractivity contribution is 9.10. The van der Waals surface area contributed by atoms with Crippen molar-refractivity contribution in [3.05, 3.63) is 45.7 Å². The third-order valence-electron chi connectivity index (χ3n) is 3.75. The maximum atomic E-state index is 12.4. The van der Waals surface area contributed by atoms with Gasteiger partial charge in [0, 0.05) is 11.5 Å². The van der Waals surface area contributed by atoms with Crippen LogP contribution in [0.3, 0.4) is 0 Å². The summed E-state index contributed by atoms with van der Waals surface area (Å²) in [6, 6.07) is 6.17. The first-order chi connectivity index (χ1) is 11.3. The van der Waals surface area contributed by atoms with E-state index in [1.54, 1.807) is 4.68 Å². The Kier molecular flexibility index (Phi) is 5.61. The van der Waals surface area contributed by atoms with Gasteiger partial charge in [0.15, 0.2) is 0 Å². The molecule has 3 amide bonds. The summed E-state index contributed by atoms with van der Waals surface area (Å²) in [5.74, 6) is -0.226. The number of rotatable bonds is 5. The van der Waals surface area contributed by atoms with Crippen LogP contribution in [0.1, 0.15) is 29.4 Å². The zero-order chi connectivity index (χ0) is 17.9. The molecule has 0 saturated carbocycles. The monoisotopic (exact) mass is 393 g/mol. The van der Waals surface area contributed by atoms with Crippen LogP contribution in [0.2, 0.25) is 0 Å². The number of nitrogens with zero attached hydrogens (tertiary/aromatic N) is 2. The molecule has 1 aromatic carbocycles. The summed E-state index contributed by atoms with van der Waals surface area (Å²) in [5, 5.41) is 9.74. The van der Waals surface area contributed by atoms with Crippen LogP contribution >= 0.6 is 15.9 Å². The number of hydrogen-bond donors (Lipinski definition) is 3. The molecule has 1 atom stereocenters. The van der Waals surface area contributed by atoms with Crippen molar-refractivity contribution in [2.45, 2.75) is 26.3 Å². The molecule has 0 aliphatic rings. The van der Waals surface area contributed by atoms with Gasteiger partial charge in [0.1, 0.15) is 0 Å². The van der Waals surface area contributed by atoms with Crippen molar-refractivity contribution < 1.29 is 9.59 Å². The maximum absolute atomic E-state index is 12.4. The van der Waals surface area contributed by atoms with E-state index in [9.17, 15) is 9.59 Å². The van der Waals surface area contributed by atoms with E-state index >= 15 is 0 Å². The van der Waals surface area contributed by atoms with Crippen LogP contribution in [0.5, 0.6) is 0 Å². The second-order valence-corrected chi connectivity index (χ2v) is 6.45.